The SMILES string of the molecule is c1cncc(-c2cc(CN3CCC4(CCNCC4)C3)[nH]n2)c1. The molecule has 22 heavy (non-hydrogen) atoms. The van der Waals surface area contributed by atoms with E-state index in [9.17, 15) is 0 Å². The molecule has 2 aliphatic rings. The topological polar surface area (TPSA) is 56.8 Å². The first-order chi connectivity index (χ1) is 10.8. The predicted octanol–water partition coefficient (Wildman–Crippen LogP) is 2.05. The van der Waals surface area contributed by atoms with Gasteiger partial charge in [0.1, 0.15) is 0 Å². The zero-order valence-corrected chi connectivity index (χ0v) is 12.9. The number of likely N-dealkylation sites (tertiary alicyclic amines) is 1. The highest BCUT2D eigenvalue weighted by atomic mass is 15.2. The zero-order chi connectivity index (χ0) is 14.8. The van der Waals surface area contributed by atoms with Gasteiger partial charge in [0.15, 0.2) is 0 Å². The van der Waals surface area contributed by atoms with Crippen molar-refractivity contribution < 1.29 is 0 Å². The smallest absolute Gasteiger partial charge is 0.0939 e. The lowest BCUT2D eigenvalue weighted by Crippen LogP contribution is -2.38. The van der Waals surface area contributed by atoms with Gasteiger partial charge in [0.05, 0.1) is 5.69 Å². The molecule has 2 saturated heterocycles. The number of hydrogen-bond donors (Lipinski definition) is 2. The molecule has 1 spiro atoms. The van der Waals surface area contributed by atoms with Crippen molar-refractivity contribution in [2.45, 2.75) is 25.8 Å². The zero-order valence-electron chi connectivity index (χ0n) is 12.9. The van der Waals surface area contributed by atoms with Crippen LogP contribution >= 0.6 is 0 Å². The van der Waals surface area contributed by atoms with Crippen molar-refractivity contribution >= 4 is 0 Å². The van der Waals surface area contributed by atoms with Crippen LogP contribution in [0.4, 0.5) is 0 Å². The number of aromatic nitrogens is 3. The average molecular weight is 297 g/mol. The Kier molecular flexibility index (Phi) is 3.68. The Morgan fingerprint density at radius 1 is 1.23 bits per heavy atom. The normalized spacial score (nSPS) is 21.5. The molecule has 5 heteroatoms. The third-order valence-electron chi connectivity index (χ3n) is 5.16. The number of nitrogens with one attached hydrogen (secondary N) is 2. The first kappa shape index (κ1) is 13.9. The van der Waals surface area contributed by atoms with Crippen LogP contribution in [0.3, 0.4) is 0 Å². The minimum absolute atomic E-state index is 0.567. The van der Waals surface area contributed by atoms with E-state index in [1.54, 1.807) is 6.20 Å². The van der Waals surface area contributed by atoms with Gasteiger partial charge in [0.25, 0.3) is 0 Å². The van der Waals surface area contributed by atoms with Crippen LogP contribution in [-0.2, 0) is 6.54 Å². The van der Waals surface area contributed by atoms with Crippen molar-refractivity contribution in [3.63, 3.8) is 0 Å². The molecule has 0 aromatic carbocycles. The van der Waals surface area contributed by atoms with Gasteiger partial charge in [-0.2, -0.15) is 5.10 Å². The lowest BCUT2D eigenvalue weighted by molar-refractivity contribution is 0.193. The molecule has 0 aliphatic carbocycles. The van der Waals surface area contributed by atoms with E-state index < -0.39 is 0 Å². The molecule has 2 aliphatic heterocycles. The van der Waals surface area contributed by atoms with Crippen LogP contribution in [0.25, 0.3) is 11.3 Å². The highest BCUT2D eigenvalue weighted by Gasteiger charge is 2.38. The molecule has 2 N–H and O–H groups in total. The van der Waals surface area contributed by atoms with E-state index in [1.807, 2.05) is 18.3 Å². The van der Waals surface area contributed by atoms with Crippen molar-refractivity contribution in [2.75, 3.05) is 26.2 Å². The third-order valence-corrected chi connectivity index (χ3v) is 5.16. The summed E-state index contributed by atoms with van der Waals surface area (Å²) in [4.78, 5) is 6.74. The fourth-order valence-electron chi connectivity index (χ4n) is 3.87. The minimum atomic E-state index is 0.567. The van der Waals surface area contributed by atoms with Gasteiger partial charge in [-0.05, 0) is 62.5 Å². The summed E-state index contributed by atoms with van der Waals surface area (Å²) in [5, 5.41) is 11.1. The molecular weight excluding hydrogens is 274 g/mol. The molecule has 0 amide bonds. The summed E-state index contributed by atoms with van der Waals surface area (Å²) in [5.41, 5.74) is 3.82. The van der Waals surface area contributed by atoms with Crippen LogP contribution in [0.1, 0.15) is 25.0 Å². The van der Waals surface area contributed by atoms with Crippen LogP contribution < -0.4 is 5.32 Å². The lowest BCUT2D eigenvalue weighted by atomic mass is 9.78. The fourth-order valence-corrected chi connectivity index (χ4v) is 3.87. The maximum Gasteiger partial charge on any atom is 0.0939 e. The second kappa shape index (κ2) is 5.82. The summed E-state index contributed by atoms with van der Waals surface area (Å²) in [7, 11) is 0. The summed E-state index contributed by atoms with van der Waals surface area (Å²) >= 11 is 0. The fraction of sp³-hybridized carbons (Fsp3) is 0.529. The Morgan fingerprint density at radius 2 is 2.14 bits per heavy atom. The predicted molar refractivity (Wildman–Crippen MR) is 86.2 cm³/mol. The molecule has 0 atom stereocenters. The molecular formula is C17H23N5. The van der Waals surface area contributed by atoms with Crippen molar-refractivity contribution in [2.24, 2.45) is 5.41 Å². The van der Waals surface area contributed by atoms with E-state index >= 15 is 0 Å². The summed E-state index contributed by atoms with van der Waals surface area (Å²) < 4.78 is 0. The second-order valence-electron chi connectivity index (χ2n) is 6.73. The standard InChI is InChI=1S/C17H23N5/c1-2-14(11-19-6-1)16-10-15(20-21-16)12-22-9-5-17(13-22)3-7-18-8-4-17/h1-2,6,10-11,18H,3-5,7-9,12-13H2,(H,20,21). The first-order valence-electron chi connectivity index (χ1n) is 8.21. The van der Waals surface area contributed by atoms with Crippen molar-refractivity contribution in [3.8, 4) is 11.3 Å². The summed E-state index contributed by atoms with van der Waals surface area (Å²) in [6.07, 6.45) is 7.65. The van der Waals surface area contributed by atoms with Crippen LogP contribution in [0.15, 0.2) is 30.6 Å². The van der Waals surface area contributed by atoms with Gasteiger partial charge in [-0.1, -0.05) is 0 Å². The Hall–Kier alpha value is -1.72. The van der Waals surface area contributed by atoms with Gasteiger partial charge in [0.2, 0.25) is 0 Å². The molecule has 2 fully saturated rings. The van der Waals surface area contributed by atoms with E-state index in [0.717, 1.165) is 17.8 Å². The van der Waals surface area contributed by atoms with Crippen LogP contribution in [0, 0.1) is 5.41 Å². The van der Waals surface area contributed by atoms with E-state index in [2.05, 4.69) is 31.5 Å². The van der Waals surface area contributed by atoms with Gasteiger partial charge in [-0.15, -0.1) is 0 Å². The number of rotatable bonds is 3. The maximum absolute atomic E-state index is 4.43. The molecule has 0 bridgehead atoms. The molecule has 0 radical (unpaired) electrons. The number of hydrogen-bond acceptors (Lipinski definition) is 4. The monoisotopic (exact) mass is 297 g/mol. The molecule has 2 aromatic heterocycles. The summed E-state index contributed by atoms with van der Waals surface area (Å²) in [6, 6.07) is 6.16. The highest BCUT2D eigenvalue weighted by Crippen LogP contribution is 2.38. The second-order valence-corrected chi connectivity index (χ2v) is 6.73. The third kappa shape index (κ3) is 2.78. The highest BCUT2D eigenvalue weighted by molar-refractivity contribution is 5.57. The van der Waals surface area contributed by atoms with Gasteiger partial charge >= 0.3 is 0 Å². The van der Waals surface area contributed by atoms with E-state index in [-0.39, 0.29) is 0 Å². The lowest BCUT2D eigenvalue weighted by Gasteiger charge is -2.33. The number of piperidine rings is 1. The Labute approximate surface area is 131 Å². The quantitative estimate of drug-likeness (QED) is 0.910. The molecule has 2 aromatic rings. The average Bonchev–Trinajstić information content (AvgIpc) is 3.17. The number of nitrogens with zero attached hydrogens (tertiary/aromatic N) is 3. The van der Waals surface area contributed by atoms with Crippen LogP contribution in [0.5, 0.6) is 0 Å². The maximum atomic E-state index is 4.43. The summed E-state index contributed by atoms with van der Waals surface area (Å²) in [5.74, 6) is 0. The number of aromatic amines is 1. The van der Waals surface area contributed by atoms with E-state index in [0.29, 0.717) is 5.41 Å². The molecule has 0 unspecified atom stereocenters. The van der Waals surface area contributed by atoms with Crippen LogP contribution in [0.2, 0.25) is 0 Å². The molecule has 4 rings (SSSR count). The Morgan fingerprint density at radius 3 is 2.95 bits per heavy atom. The molecule has 4 heterocycles. The van der Waals surface area contributed by atoms with Crippen LogP contribution in [-0.4, -0.2) is 46.3 Å². The van der Waals surface area contributed by atoms with E-state index in [4.69, 9.17) is 0 Å². The Bertz CT molecular complexity index is 615. The molecule has 0 saturated carbocycles. The summed E-state index contributed by atoms with van der Waals surface area (Å²) in [6.45, 7) is 5.78. The van der Waals surface area contributed by atoms with Crippen molar-refractivity contribution in [1.29, 1.82) is 0 Å². The largest absolute Gasteiger partial charge is 0.317 e. The van der Waals surface area contributed by atoms with Crippen molar-refractivity contribution in [3.05, 3.63) is 36.3 Å². The van der Waals surface area contributed by atoms with E-state index in [1.165, 1.54) is 51.1 Å². The Balaban J connectivity index is 1.41. The number of H-pyrrole nitrogens is 1. The van der Waals surface area contributed by atoms with Gasteiger partial charge in [-0.3, -0.25) is 15.0 Å². The van der Waals surface area contributed by atoms with Gasteiger partial charge in [0, 0.05) is 36.7 Å². The molecule has 116 valence electrons. The number of pyridine rings is 1. The minimum Gasteiger partial charge on any atom is -0.317 e. The first-order valence-corrected chi connectivity index (χ1v) is 8.21. The van der Waals surface area contributed by atoms with Gasteiger partial charge < -0.3 is 5.32 Å². The molecule has 5 nitrogen and oxygen atoms in total. The van der Waals surface area contributed by atoms with Crippen molar-refractivity contribution in [1.82, 2.24) is 25.4 Å². The van der Waals surface area contributed by atoms with Gasteiger partial charge in [-0.25, -0.2) is 0 Å².